The molecule has 154 valence electrons. The minimum Gasteiger partial charge on any atom is -0.496 e. The Bertz CT molecular complexity index is 1260. The first kappa shape index (κ1) is 18.7. The molecule has 3 heterocycles. The Morgan fingerprint density at radius 2 is 1.97 bits per heavy atom. The lowest BCUT2D eigenvalue weighted by Crippen LogP contribution is -2.23. The van der Waals surface area contributed by atoms with E-state index in [0.29, 0.717) is 11.3 Å². The van der Waals surface area contributed by atoms with E-state index in [9.17, 15) is 14.7 Å². The van der Waals surface area contributed by atoms with E-state index in [0.717, 1.165) is 53.9 Å². The summed E-state index contributed by atoms with van der Waals surface area (Å²) in [7, 11) is 3.24. The lowest BCUT2D eigenvalue weighted by molar-refractivity contribution is 0.0694. The maximum Gasteiger partial charge on any atom is 0.341 e. The highest BCUT2D eigenvalue weighted by molar-refractivity contribution is 5.90. The van der Waals surface area contributed by atoms with Crippen molar-refractivity contribution in [2.75, 3.05) is 14.2 Å². The summed E-state index contributed by atoms with van der Waals surface area (Å²) in [5.74, 6) is 0.411. The van der Waals surface area contributed by atoms with Gasteiger partial charge in [-0.05, 0) is 59.7 Å². The maximum atomic E-state index is 12.8. The van der Waals surface area contributed by atoms with Crippen molar-refractivity contribution in [2.45, 2.75) is 31.8 Å². The molecule has 0 radical (unpaired) electrons. The van der Waals surface area contributed by atoms with E-state index >= 15 is 0 Å². The van der Waals surface area contributed by atoms with E-state index in [1.807, 2.05) is 6.07 Å². The van der Waals surface area contributed by atoms with Crippen molar-refractivity contribution in [3.8, 4) is 22.6 Å². The normalized spacial score (nSPS) is 15.3. The van der Waals surface area contributed by atoms with E-state index in [2.05, 4.69) is 11.4 Å². The number of benzene rings is 1. The average Bonchev–Trinajstić information content (AvgIpc) is 3.48. The van der Waals surface area contributed by atoms with Crippen LogP contribution in [-0.2, 0) is 13.1 Å². The first-order chi connectivity index (χ1) is 14.5. The lowest BCUT2D eigenvalue weighted by Gasteiger charge is -2.18. The van der Waals surface area contributed by atoms with Crippen LogP contribution in [0.1, 0.15) is 45.8 Å². The van der Waals surface area contributed by atoms with Crippen LogP contribution in [0, 0.1) is 0 Å². The van der Waals surface area contributed by atoms with Gasteiger partial charge in [0.2, 0.25) is 0 Å². The van der Waals surface area contributed by atoms with Gasteiger partial charge in [-0.25, -0.2) is 4.79 Å². The number of aromatic nitrogens is 1. The summed E-state index contributed by atoms with van der Waals surface area (Å²) in [4.78, 5) is 24.5. The molecular formula is C23H22N2O5. The molecule has 30 heavy (non-hydrogen) atoms. The number of hydrogen-bond acceptors (Lipinski definition) is 5. The molecule has 0 unspecified atom stereocenters. The van der Waals surface area contributed by atoms with Crippen LogP contribution >= 0.6 is 0 Å². The number of ether oxygens (including phenoxy) is 2. The molecule has 0 atom stereocenters. The van der Waals surface area contributed by atoms with Crippen molar-refractivity contribution < 1.29 is 19.4 Å². The van der Waals surface area contributed by atoms with E-state index in [-0.39, 0.29) is 11.5 Å². The Hall–Kier alpha value is -3.32. The zero-order chi connectivity index (χ0) is 21.0. The second kappa shape index (κ2) is 6.88. The Labute approximate surface area is 172 Å². The van der Waals surface area contributed by atoms with Gasteiger partial charge in [0.05, 0.1) is 19.7 Å². The van der Waals surface area contributed by atoms with Gasteiger partial charge >= 0.3 is 5.97 Å². The van der Waals surface area contributed by atoms with E-state index in [1.165, 1.54) is 16.0 Å². The van der Waals surface area contributed by atoms with Crippen molar-refractivity contribution in [1.82, 2.24) is 9.72 Å². The van der Waals surface area contributed by atoms with E-state index in [1.54, 1.807) is 26.5 Å². The number of aromatic carboxylic acids is 1. The monoisotopic (exact) mass is 406 g/mol. The second-order valence-electron chi connectivity index (χ2n) is 7.80. The molecule has 3 aromatic rings. The van der Waals surface area contributed by atoms with Gasteiger partial charge in [0.1, 0.15) is 11.3 Å². The van der Waals surface area contributed by atoms with Gasteiger partial charge in [0.25, 0.3) is 5.56 Å². The van der Waals surface area contributed by atoms with Crippen LogP contribution in [0.2, 0.25) is 0 Å². The average molecular weight is 406 g/mol. The highest BCUT2D eigenvalue weighted by Gasteiger charge is 2.30. The van der Waals surface area contributed by atoms with Crippen molar-refractivity contribution in [1.29, 1.82) is 0 Å². The molecule has 1 aromatic carbocycles. The highest BCUT2D eigenvalue weighted by atomic mass is 16.5. The minimum absolute atomic E-state index is 0.213. The molecule has 7 nitrogen and oxygen atoms in total. The third-order valence-electron chi connectivity index (χ3n) is 6.01. The van der Waals surface area contributed by atoms with Gasteiger partial charge in [0, 0.05) is 30.4 Å². The number of pyridine rings is 2. The second-order valence-corrected chi connectivity index (χ2v) is 7.80. The summed E-state index contributed by atoms with van der Waals surface area (Å²) in [6.07, 6.45) is 3.59. The van der Waals surface area contributed by atoms with Crippen LogP contribution < -0.4 is 20.3 Å². The van der Waals surface area contributed by atoms with Crippen molar-refractivity contribution >= 4 is 11.5 Å². The Balaban J connectivity index is 1.82. The number of hydrogen-bond donors (Lipinski definition) is 2. The Morgan fingerprint density at radius 1 is 1.17 bits per heavy atom. The number of rotatable bonds is 5. The van der Waals surface area contributed by atoms with Crippen LogP contribution in [0.4, 0.5) is 0 Å². The van der Waals surface area contributed by atoms with Gasteiger partial charge in [-0.15, -0.1) is 0 Å². The van der Waals surface area contributed by atoms with Crippen molar-refractivity contribution in [2.24, 2.45) is 0 Å². The molecule has 7 heteroatoms. The standard InChI is InChI=1S/C23H22N2O5/c1-29-19-8-13(7-14-10-24-11-18(14)19)15-5-6-25-20(21(15)30-2)16(12-3-4-12)9-17(22(25)26)23(27)28/h5-9,12,24H,3-4,10-11H2,1-2H3,(H,27,28). The fourth-order valence-electron chi connectivity index (χ4n) is 4.40. The summed E-state index contributed by atoms with van der Waals surface area (Å²) in [6.45, 7) is 1.54. The fraction of sp³-hybridized carbons (Fsp3) is 0.304. The number of nitrogens with zero attached hydrogens (tertiary/aromatic N) is 1. The summed E-state index contributed by atoms with van der Waals surface area (Å²) < 4.78 is 12.8. The molecule has 1 aliphatic carbocycles. The molecule has 0 spiro atoms. The van der Waals surface area contributed by atoms with E-state index < -0.39 is 11.5 Å². The SMILES string of the molecule is COc1cc(-c2ccn3c(=O)c(C(=O)O)cc(C4CC4)c3c2OC)cc2c1CNC2. The molecule has 2 aliphatic rings. The number of carboxylic acids is 1. The van der Waals surface area contributed by atoms with Gasteiger partial charge in [0.15, 0.2) is 5.75 Å². The molecule has 1 saturated carbocycles. The van der Waals surface area contributed by atoms with Gasteiger partial charge in [-0.1, -0.05) is 0 Å². The molecule has 2 aromatic heterocycles. The lowest BCUT2D eigenvalue weighted by atomic mass is 9.97. The molecule has 0 amide bonds. The van der Waals surface area contributed by atoms with Crippen LogP contribution in [0.25, 0.3) is 16.6 Å². The minimum atomic E-state index is -1.21. The van der Waals surface area contributed by atoms with Crippen molar-refractivity contribution in [3.05, 3.63) is 63.1 Å². The first-order valence-electron chi connectivity index (χ1n) is 9.94. The predicted molar refractivity (Wildman–Crippen MR) is 112 cm³/mol. The molecule has 0 saturated heterocycles. The molecular weight excluding hydrogens is 384 g/mol. The van der Waals surface area contributed by atoms with Crippen molar-refractivity contribution in [3.63, 3.8) is 0 Å². The molecule has 2 N–H and O–H groups in total. The predicted octanol–water partition coefficient (Wildman–Crippen LogP) is 3.16. The summed E-state index contributed by atoms with van der Waals surface area (Å²) in [6, 6.07) is 7.43. The first-order valence-corrected chi connectivity index (χ1v) is 9.94. The van der Waals surface area contributed by atoms with E-state index in [4.69, 9.17) is 9.47 Å². The number of fused-ring (bicyclic) bond motifs is 2. The smallest absolute Gasteiger partial charge is 0.341 e. The molecule has 1 aliphatic heterocycles. The quantitative estimate of drug-likeness (QED) is 0.677. The third-order valence-corrected chi connectivity index (χ3v) is 6.01. The van der Waals surface area contributed by atoms with Gasteiger partial charge < -0.3 is 19.9 Å². The van der Waals surface area contributed by atoms with Crippen LogP contribution in [0.5, 0.6) is 11.5 Å². The number of carbonyl (C=O) groups is 1. The van der Waals surface area contributed by atoms with Crippen LogP contribution in [0.15, 0.2) is 35.3 Å². The van der Waals surface area contributed by atoms with Crippen LogP contribution in [0.3, 0.4) is 0 Å². The number of methoxy groups -OCH3 is 2. The number of nitrogens with one attached hydrogen (secondary N) is 1. The maximum absolute atomic E-state index is 12.8. The Kier molecular flexibility index (Phi) is 4.29. The zero-order valence-electron chi connectivity index (χ0n) is 16.8. The highest BCUT2D eigenvalue weighted by Crippen LogP contribution is 2.46. The number of carboxylic acid groups (broad SMARTS) is 1. The Morgan fingerprint density at radius 3 is 2.63 bits per heavy atom. The topological polar surface area (TPSA) is 89.3 Å². The third kappa shape index (κ3) is 2.77. The van der Waals surface area contributed by atoms with Gasteiger partial charge in [-0.2, -0.15) is 0 Å². The summed E-state index contributed by atoms with van der Waals surface area (Å²) in [5, 5.41) is 12.8. The molecule has 1 fully saturated rings. The summed E-state index contributed by atoms with van der Waals surface area (Å²) in [5.41, 5.74) is 4.83. The fourth-order valence-corrected chi connectivity index (χ4v) is 4.40. The summed E-state index contributed by atoms with van der Waals surface area (Å²) >= 11 is 0. The zero-order valence-corrected chi connectivity index (χ0v) is 16.8. The molecule has 0 bridgehead atoms. The van der Waals surface area contributed by atoms with Gasteiger partial charge in [-0.3, -0.25) is 9.20 Å². The molecule has 5 rings (SSSR count). The van der Waals surface area contributed by atoms with Crippen LogP contribution in [-0.4, -0.2) is 29.7 Å². The largest absolute Gasteiger partial charge is 0.496 e.